The van der Waals surface area contributed by atoms with Gasteiger partial charge in [0, 0.05) is 0 Å². The lowest BCUT2D eigenvalue weighted by molar-refractivity contribution is -0.484. The molecule has 1 N–H and O–H groups in total. The lowest BCUT2D eigenvalue weighted by Crippen LogP contribution is -2.88. The molecule has 1 saturated carbocycles. The summed E-state index contributed by atoms with van der Waals surface area (Å²) in [6.07, 6.45) is -7.73. The van der Waals surface area contributed by atoms with Crippen molar-refractivity contribution in [2.45, 2.75) is 40.5 Å². The Hall–Kier alpha value is -0.800. The van der Waals surface area contributed by atoms with Crippen molar-refractivity contribution >= 4 is 11.1 Å². The second-order valence-corrected chi connectivity index (χ2v) is 5.36. The van der Waals surface area contributed by atoms with E-state index in [9.17, 15) is 61.3 Å². The highest BCUT2D eigenvalue weighted by molar-refractivity contribution is 7.80. The van der Waals surface area contributed by atoms with Crippen molar-refractivity contribution in [3.63, 3.8) is 0 Å². The molecule has 138 valence electrons. The topological polar surface area (TPSA) is 37.3 Å². The molecular weight excluding hydrogens is 395 g/mol. The molecule has 1 unspecified atom stereocenters. The summed E-state index contributed by atoms with van der Waals surface area (Å²) in [5.74, 6) is -31.0. The lowest BCUT2D eigenvalue weighted by Gasteiger charge is -2.53. The fourth-order valence-corrected chi connectivity index (χ4v) is 2.50. The minimum atomic E-state index is -7.94. The van der Waals surface area contributed by atoms with E-state index in [1.54, 1.807) is 0 Å². The SMILES string of the molecule is O=S(O)C1(F)C(F)(F)C(F)(F)C(F)(C(F)(F)F)C(F)(F)C1(F)F. The first kappa shape index (κ1) is 20.2. The first-order chi connectivity index (χ1) is 9.69. The van der Waals surface area contributed by atoms with Crippen LogP contribution in [0, 0.1) is 0 Å². The summed E-state index contributed by atoms with van der Waals surface area (Å²) in [5, 5.41) is -7.12. The quantitative estimate of drug-likeness (QED) is 0.542. The minimum absolute atomic E-state index is 5.57. The fourth-order valence-electron chi connectivity index (χ4n) is 1.81. The van der Waals surface area contributed by atoms with Crippen LogP contribution in [-0.4, -0.2) is 49.3 Å². The second-order valence-electron chi connectivity index (χ2n) is 4.30. The fraction of sp³-hybridized carbons (Fsp3) is 1.00. The van der Waals surface area contributed by atoms with Gasteiger partial charge in [0.25, 0.3) is 0 Å². The van der Waals surface area contributed by atoms with Crippen molar-refractivity contribution in [2.75, 3.05) is 0 Å². The molecule has 1 aliphatic rings. The van der Waals surface area contributed by atoms with Gasteiger partial charge >= 0.3 is 40.5 Å². The highest BCUT2D eigenvalue weighted by atomic mass is 32.2. The minimum Gasteiger partial charge on any atom is -0.303 e. The van der Waals surface area contributed by atoms with Gasteiger partial charge in [-0.1, -0.05) is 0 Å². The van der Waals surface area contributed by atoms with Crippen LogP contribution in [0.2, 0.25) is 0 Å². The van der Waals surface area contributed by atoms with Crippen molar-refractivity contribution in [3.05, 3.63) is 0 Å². The Morgan fingerprint density at radius 1 is 0.652 bits per heavy atom. The third kappa shape index (κ3) is 1.68. The molecule has 1 fully saturated rings. The van der Waals surface area contributed by atoms with E-state index in [0.29, 0.717) is 0 Å². The first-order valence-corrected chi connectivity index (χ1v) is 5.87. The summed E-state index contributed by atoms with van der Waals surface area (Å²) in [4.78, 5) is 0. The first-order valence-electron chi connectivity index (χ1n) is 4.76. The van der Waals surface area contributed by atoms with Gasteiger partial charge in [0.05, 0.1) is 0 Å². The van der Waals surface area contributed by atoms with E-state index in [1.165, 1.54) is 0 Å². The zero-order valence-corrected chi connectivity index (χ0v) is 10.5. The van der Waals surface area contributed by atoms with Crippen LogP contribution in [0.1, 0.15) is 0 Å². The van der Waals surface area contributed by atoms with Crippen LogP contribution in [0.3, 0.4) is 0 Å². The van der Waals surface area contributed by atoms with E-state index in [4.69, 9.17) is 4.55 Å². The molecule has 1 aliphatic carbocycles. The van der Waals surface area contributed by atoms with E-state index in [-0.39, 0.29) is 0 Å². The van der Waals surface area contributed by atoms with Gasteiger partial charge in [-0.25, -0.2) is 13.0 Å². The second kappa shape index (κ2) is 4.43. The Labute approximate surface area is 118 Å². The number of hydrogen-bond acceptors (Lipinski definition) is 1. The molecule has 0 saturated heterocycles. The van der Waals surface area contributed by atoms with Crippen molar-refractivity contribution in [3.8, 4) is 0 Å². The third-order valence-electron chi connectivity index (χ3n) is 3.09. The van der Waals surface area contributed by atoms with E-state index in [2.05, 4.69) is 0 Å². The maximum Gasteiger partial charge on any atom is 0.435 e. The number of hydrogen-bond donors (Lipinski definition) is 1. The highest BCUT2D eigenvalue weighted by Crippen LogP contribution is 2.72. The van der Waals surface area contributed by atoms with Crippen LogP contribution in [-0.2, 0) is 11.1 Å². The number of alkyl halides is 13. The van der Waals surface area contributed by atoms with Gasteiger partial charge in [-0.3, -0.25) is 0 Å². The Balaban J connectivity index is 4.06. The van der Waals surface area contributed by atoms with Gasteiger partial charge in [0.2, 0.25) is 11.1 Å². The molecule has 1 atom stereocenters. The van der Waals surface area contributed by atoms with Crippen LogP contribution in [0.5, 0.6) is 0 Å². The standard InChI is InChI=1S/C7HF13O2S/c8-1(7(18,19)20)2(9,10)4(13,14)6(17,23(21)22)5(15,16)3(1,11)12/h(H,21,22). The number of rotatable bonds is 1. The van der Waals surface area contributed by atoms with Crippen molar-refractivity contribution < 1.29 is 65.8 Å². The largest absolute Gasteiger partial charge is 0.435 e. The molecule has 16 heteroatoms. The van der Waals surface area contributed by atoms with Crippen LogP contribution in [0.4, 0.5) is 57.1 Å². The predicted octanol–water partition coefficient (Wildman–Crippen LogP) is 3.70. The molecule has 2 nitrogen and oxygen atoms in total. The molecule has 0 radical (unpaired) electrons. The summed E-state index contributed by atoms with van der Waals surface area (Å²) < 4.78 is 186. The van der Waals surface area contributed by atoms with Crippen LogP contribution >= 0.6 is 0 Å². The van der Waals surface area contributed by atoms with E-state index >= 15 is 0 Å². The average molecular weight is 396 g/mol. The van der Waals surface area contributed by atoms with Gasteiger partial charge in [-0.15, -0.1) is 0 Å². The Morgan fingerprint density at radius 2 is 0.913 bits per heavy atom. The van der Waals surface area contributed by atoms with Crippen molar-refractivity contribution in [1.29, 1.82) is 0 Å². The predicted molar refractivity (Wildman–Crippen MR) is 44.3 cm³/mol. The van der Waals surface area contributed by atoms with E-state index < -0.39 is 51.6 Å². The molecule has 23 heavy (non-hydrogen) atoms. The molecule has 0 heterocycles. The van der Waals surface area contributed by atoms with Gasteiger partial charge in [0.15, 0.2) is 0 Å². The zero-order chi connectivity index (χ0) is 19.1. The molecule has 0 aromatic rings. The molecular formula is C7HF13O2S. The zero-order valence-electron chi connectivity index (χ0n) is 9.68. The Bertz CT molecular complexity index is 509. The molecule has 1 rings (SSSR count). The third-order valence-corrected chi connectivity index (χ3v) is 4.09. The van der Waals surface area contributed by atoms with E-state index in [1.807, 2.05) is 0 Å². The van der Waals surface area contributed by atoms with Gasteiger partial charge in [0.1, 0.15) is 0 Å². The summed E-state index contributed by atoms with van der Waals surface area (Å²) in [7, 11) is 0. The highest BCUT2D eigenvalue weighted by Gasteiger charge is 3.06. The summed E-state index contributed by atoms with van der Waals surface area (Å²) >= 11 is -5.57. The smallest absolute Gasteiger partial charge is 0.303 e. The lowest BCUT2D eigenvalue weighted by atomic mass is 9.72. The Kier molecular flexibility index (Phi) is 3.90. The van der Waals surface area contributed by atoms with Crippen LogP contribution in [0.25, 0.3) is 0 Å². The average Bonchev–Trinajstić information content (AvgIpc) is 2.32. The van der Waals surface area contributed by atoms with Crippen molar-refractivity contribution in [1.82, 2.24) is 0 Å². The van der Waals surface area contributed by atoms with Crippen LogP contribution in [0.15, 0.2) is 0 Å². The summed E-state index contributed by atoms with van der Waals surface area (Å²) in [6, 6.07) is 0. The van der Waals surface area contributed by atoms with E-state index in [0.717, 1.165) is 0 Å². The van der Waals surface area contributed by atoms with Gasteiger partial charge in [-0.2, -0.15) is 48.3 Å². The normalized spacial score (nSPS) is 39.7. The van der Waals surface area contributed by atoms with Crippen molar-refractivity contribution in [2.24, 2.45) is 0 Å². The summed E-state index contributed by atoms with van der Waals surface area (Å²) in [5.41, 5.74) is -7.94. The number of halogens is 13. The molecule has 0 aromatic carbocycles. The Morgan fingerprint density at radius 3 is 1.09 bits per heavy atom. The monoisotopic (exact) mass is 396 g/mol. The molecule has 0 aromatic heterocycles. The van der Waals surface area contributed by atoms with Crippen LogP contribution < -0.4 is 0 Å². The molecule has 0 bridgehead atoms. The van der Waals surface area contributed by atoms with Gasteiger partial charge in [-0.05, 0) is 0 Å². The molecule has 0 amide bonds. The summed E-state index contributed by atoms with van der Waals surface area (Å²) in [6.45, 7) is 0. The molecule has 0 spiro atoms. The molecule has 0 aliphatic heterocycles. The van der Waals surface area contributed by atoms with Gasteiger partial charge < -0.3 is 4.55 Å². The maximum atomic E-state index is 13.4. The maximum absolute atomic E-state index is 13.4.